The van der Waals surface area contributed by atoms with E-state index >= 15 is 0 Å². The van der Waals surface area contributed by atoms with E-state index in [-0.39, 0.29) is 48.1 Å². The highest BCUT2D eigenvalue weighted by molar-refractivity contribution is 5.98. The standard InChI is InChI=1S/C28H38O7/c1-14-11-22(34-24(32)15(14)2)26(4,33)19-6-5-18-16-12-23-28(35-23)21(31)8-7-20(30)25(28,3)17(16)9-10-27(18,19)13-29/h7-8,16-19,21-23,29,31,33H,5-6,9-13H2,1-4H3/t16-,17-,18+,19+,21-,22+,23+,25-,26+,27+,28+/m0/s1. The minimum Gasteiger partial charge on any atom is -0.456 e. The van der Waals surface area contributed by atoms with E-state index in [2.05, 4.69) is 0 Å². The fourth-order valence-corrected chi connectivity index (χ4v) is 9.60. The summed E-state index contributed by atoms with van der Waals surface area (Å²) in [5.41, 5.74) is -1.84. The number of hydrogen-bond acceptors (Lipinski definition) is 7. The van der Waals surface area contributed by atoms with Gasteiger partial charge in [0.05, 0.1) is 11.5 Å². The molecule has 7 nitrogen and oxygen atoms in total. The van der Waals surface area contributed by atoms with Crippen molar-refractivity contribution in [3.63, 3.8) is 0 Å². The molecule has 11 atom stereocenters. The predicted molar refractivity (Wildman–Crippen MR) is 126 cm³/mol. The Bertz CT molecular complexity index is 1040. The summed E-state index contributed by atoms with van der Waals surface area (Å²) in [7, 11) is 0. The highest BCUT2D eigenvalue weighted by Gasteiger charge is 2.80. The maximum absolute atomic E-state index is 13.3. The lowest BCUT2D eigenvalue weighted by Gasteiger charge is -2.59. The van der Waals surface area contributed by atoms with E-state index in [0.29, 0.717) is 18.4 Å². The molecule has 1 saturated heterocycles. The van der Waals surface area contributed by atoms with Crippen LogP contribution >= 0.6 is 0 Å². The van der Waals surface area contributed by atoms with Crippen LogP contribution in [0.25, 0.3) is 0 Å². The normalized spacial score (nSPS) is 52.1. The average Bonchev–Trinajstić information content (AvgIpc) is 3.43. The molecular formula is C28H38O7. The van der Waals surface area contributed by atoms with Crippen molar-refractivity contribution in [3.8, 4) is 0 Å². The second kappa shape index (κ2) is 7.27. The van der Waals surface area contributed by atoms with Crippen LogP contribution in [0.15, 0.2) is 23.3 Å². The summed E-state index contributed by atoms with van der Waals surface area (Å²) in [5.74, 6) is -0.202. The third kappa shape index (κ3) is 2.71. The number of aliphatic hydroxyl groups is 3. The Morgan fingerprint density at radius 2 is 1.91 bits per heavy atom. The Morgan fingerprint density at radius 3 is 2.60 bits per heavy atom. The van der Waals surface area contributed by atoms with Crippen LogP contribution in [0, 0.1) is 34.5 Å². The summed E-state index contributed by atoms with van der Waals surface area (Å²) in [6.45, 7) is 7.38. The number of carbonyl (C=O) groups is 2. The molecule has 2 heterocycles. The number of cyclic esters (lactones) is 1. The van der Waals surface area contributed by atoms with Gasteiger partial charge < -0.3 is 24.8 Å². The first-order chi connectivity index (χ1) is 16.4. The van der Waals surface area contributed by atoms with E-state index in [1.165, 1.54) is 6.08 Å². The van der Waals surface area contributed by atoms with E-state index in [1.54, 1.807) is 19.9 Å². The zero-order valence-corrected chi connectivity index (χ0v) is 21.1. The van der Waals surface area contributed by atoms with Crippen molar-refractivity contribution in [2.45, 2.75) is 95.7 Å². The maximum Gasteiger partial charge on any atom is 0.334 e. The lowest BCUT2D eigenvalue weighted by atomic mass is 9.44. The fourth-order valence-electron chi connectivity index (χ4n) is 9.60. The predicted octanol–water partition coefficient (Wildman–Crippen LogP) is 2.47. The van der Waals surface area contributed by atoms with Crippen LogP contribution in [0.1, 0.15) is 66.2 Å². The molecule has 0 amide bonds. The molecule has 4 fully saturated rings. The summed E-state index contributed by atoms with van der Waals surface area (Å²) in [6.07, 6.45) is 5.78. The maximum atomic E-state index is 13.3. The van der Waals surface area contributed by atoms with E-state index in [0.717, 1.165) is 31.3 Å². The number of hydrogen-bond donors (Lipinski definition) is 3. The van der Waals surface area contributed by atoms with Crippen molar-refractivity contribution >= 4 is 11.8 Å². The van der Waals surface area contributed by atoms with Crippen LogP contribution in [0.4, 0.5) is 0 Å². The zero-order valence-electron chi connectivity index (χ0n) is 21.1. The molecule has 0 aromatic heterocycles. The van der Waals surface area contributed by atoms with Gasteiger partial charge in [-0.05, 0) is 95.6 Å². The Kier molecular flexibility index (Phi) is 4.95. The first-order valence-electron chi connectivity index (χ1n) is 13.2. The second-order valence-corrected chi connectivity index (χ2v) is 12.7. The minimum absolute atomic E-state index is 0.0322. The van der Waals surface area contributed by atoms with Crippen LogP contribution in [0.5, 0.6) is 0 Å². The number of fused-ring (bicyclic) bond motifs is 4. The van der Waals surface area contributed by atoms with Gasteiger partial charge in [-0.2, -0.15) is 0 Å². The van der Waals surface area contributed by atoms with Crippen molar-refractivity contribution in [3.05, 3.63) is 23.3 Å². The van der Waals surface area contributed by atoms with Crippen molar-refractivity contribution in [2.75, 3.05) is 6.61 Å². The van der Waals surface area contributed by atoms with Gasteiger partial charge in [-0.15, -0.1) is 0 Å². The van der Waals surface area contributed by atoms with E-state index in [4.69, 9.17) is 9.47 Å². The van der Waals surface area contributed by atoms with Crippen LogP contribution in [0.2, 0.25) is 0 Å². The number of ether oxygens (including phenoxy) is 2. The van der Waals surface area contributed by atoms with Gasteiger partial charge >= 0.3 is 5.97 Å². The molecule has 0 aromatic carbocycles. The van der Waals surface area contributed by atoms with Gasteiger partial charge in [0, 0.05) is 24.0 Å². The SMILES string of the molecule is CC1=C(C)C(=O)O[C@@H]([C@](C)(O)[C@H]2CC[C@@H]3[C@H]4C[C@H]5O[C@]56[C@@H](O)C=CC(=O)[C@]6(C)[C@H]4CC[C@@]32CO)C1. The lowest BCUT2D eigenvalue weighted by Crippen LogP contribution is -2.65. The summed E-state index contributed by atoms with van der Waals surface area (Å²) < 4.78 is 11.9. The molecule has 7 heteroatoms. The van der Waals surface area contributed by atoms with Gasteiger partial charge in [-0.3, -0.25) is 4.79 Å². The van der Waals surface area contributed by atoms with Crippen LogP contribution in [0.3, 0.4) is 0 Å². The van der Waals surface area contributed by atoms with Crippen LogP contribution in [-0.4, -0.2) is 63.2 Å². The van der Waals surface area contributed by atoms with E-state index < -0.39 is 34.2 Å². The van der Waals surface area contributed by atoms with Gasteiger partial charge in [-0.25, -0.2) is 4.79 Å². The van der Waals surface area contributed by atoms with Crippen molar-refractivity contribution < 1.29 is 34.4 Å². The highest BCUT2D eigenvalue weighted by Crippen LogP contribution is 2.73. The highest BCUT2D eigenvalue weighted by atomic mass is 16.6. The molecule has 3 N–H and O–H groups in total. The van der Waals surface area contributed by atoms with Crippen LogP contribution < -0.4 is 0 Å². The molecule has 6 rings (SSSR count). The van der Waals surface area contributed by atoms with Gasteiger partial charge in [0.1, 0.15) is 23.4 Å². The Morgan fingerprint density at radius 1 is 1.17 bits per heavy atom. The molecule has 192 valence electrons. The second-order valence-electron chi connectivity index (χ2n) is 12.7. The summed E-state index contributed by atoms with van der Waals surface area (Å²) in [6, 6.07) is 0. The van der Waals surface area contributed by atoms with Crippen LogP contribution in [-0.2, 0) is 19.1 Å². The van der Waals surface area contributed by atoms with Crippen molar-refractivity contribution in [1.29, 1.82) is 0 Å². The smallest absolute Gasteiger partial charge is 0.334 e. The molecule has 4 aliphatic carbocycles. The molecule has 0 bridgehead atoms. The summed E-state index contributed by atoms with van der Waals surface area (Å²) in [5, 5.41) is 33.7. The van der Waals surface area contributed by atoms with Crippen molar-refractivity contribution in [1.82, 2.24) is 0 Å². The monoisotopic (exact) mass is 486 g/mol. The zero-order chi connectivity index (χ0) is 25.1. The topological polar surface area (TPSA) is 117 Å². The average molecular weight is 487 g/mol. The Labute approximate surface area is 206 Å². The number of carbonyl (C=O) groups excluding carboxylic acids is 2. The third-order valence-corrected chi connectivity index (χ3v) is 11.7. The first-order valence-corrected chi connectivity index (χ1v) is 13.2. The summed E-state index contributed by atoms with van der Waals surface area (Å²) >= 11 is 0. The molecular weight excluding hydrogens is 448 g/mol. The minimum atomic E-state index is -1.28. The number of rotatable bonds is 3. The number of epoxide rings is 1. The molecule has 0 unspecified atom stereocenters. The van der Waals surface area contributed by atoms with Gasteiger partial charge in [0.2, 0.25) is 0 Å². The largest absolute Gasteiger partial charge is 0.456 e. The molecule has 0 aromatic rings. The third-order valence-electron chi connectivity index (χ3n) is 11.7. The van der Waals surface area contributed by atoms with Crippen molar-refractivity contribution in [2.24, 2.45) is 34.5 Å². The Hall–Kier alpha value is -1.54. The molecule has 3 saturated carbocycles. The lowest BCUT2D eigenvalue weighted by molar-refractivity contribution is -0.192. The first kappa shape index (κ1) is 23.8. The summed E-state index contributed by atoms with van der Waals surface area (Å²) in [4.78, 5) is 25.8. The van der Waals surface area contributed by atoms with Gasteiger partial charge in [-0.1, -0.05) is 5.57 Å². The number of allylic oxidation sites excluding steroid dienone is 1. The van der Waals surface area contributed by atoms with Gasteiger partial charge in [0.25, 0.3) is 0 Å². The number of esters is 1. The molecule has 0 radical (unpaired) electrons. The van der Waals surface area contributed by atoms with Gasteiger partial charge in [0.15, 0.2) is 5.78 Å². The molecule has 6 aliphatic rings. The molecule has 2 aliphatic heterocycles. The molecule has 35 heavy (non-hydrogen) atoms. The van der Waals surface area contributed by atoms with E-state index in [1.807, 2.05) is 13.8 Å². The Balaban J connectivity index is 1.34. The number of ketones is 1. The fraction of sp³-hybridized carbons (Fsp3) is 0.786. The quantitative estimate of drug-likeness (QED) is 0.414. The van der Waals surface area contributed by atoms with E-state index in [9.17, 15) is 24.9 Å². The number of aliphatic hydroxyl groups excluding tert-OH is 2. The molecule has 1 spiro atoms.